The number of hydrogen-bond donors (Lipinski definition) is 0. The van der Waals surface area contributed by atoms with E-state index in [1.165, 1.54) is 149 Å². The molecule has 0 atom stereocenters. The molecule has 0 aromatic heterocycles. The van der Waals surface area contributed by atoms with Gasteiger partial charge < -0.3 is 29.4 Å². The molecule has 6 aliphatic heterocycles. The average Bonchev–Trinajstić information content (AvgIpc) is 0.733. The van der Waals surface area contributed by atoms with Gasteiger partial charge in [-0.05, 0) is 293 Å². The predicted octanol–water partition coefficient (Wildman–Crippen LogP) is 37.3. The van der Waals surface area contributed by atoms with E-state index < -0.39 is 0 Å². The van der Waals surface area contributed by atoms with E-state index in [1.54, 1.807) is 0 Å². The minimum atomic E-state index is -0.0126. The Balaban J connectivity index is 0.703. The van der Waals surface area contributed by atoms with Crippen LogP contribution in [0.1, 0.15) is 211 Å². The monoisotopic (exact) mass is 1780 g/mol. The summed E-state index contributed by atoms with van der Waals surface area (Å²) in [5.41, 5.74) is 33.7. The third-order valence-corrected chi connectivity index (χ3v) is 32.8. The lowest BCUT2D eigenvalue weighted by Gasteiger charge is -2.38. The van der Waals surface area contributed by atoms with Crippen LogP contribution in [0.5, 0.6) is 0 Å². The molecular formula is C116H116N6S6. The highest BCUT2D eigenvalue weighted by Crippen LogP contribution is 2.64. The molecule has 0 saturated carbocycles. The van der Waals surface area contributed by atoms with Crippen molar-refractivity contribution in [3.63, 3.8) is 0 Å². The van der Waals surface area contributed by atoms with E-state index in [2.05, 4.69) is 462 Å². The second-order valence-electron chi connectivity index (χ2n) is 43.8. The lowest BCUT2D eigenvalue weighted by atomic mass is 9.86. The first-order valence-corrected chi connectivity index (χ1v) is 50.1. The third-order valence-electron chi connectivity index (χ3n) is 26.2. The molecule has 12 heteroatoms. The van der Waals surface area contributed by atoms with E-state index >= 15 is 0 Å². The van der Waals surface area contributed by atoms with Gasteiger partial charge in [0.25, 0.3) is 0 Å². The van der Waals surface area contributed by atoms with Crippen LogP contribution >= 0.6 is 70.6 Å². The van der Waals surface area contributed by atoms with Gasteiger partial charge in [-0.1, -0.05) is 310 Å². The summed E-state index contributed by atoms with van der Waals surface area (Å²) in [5.74, 6) is 0. The number of fused-ring (bicyclic) bond motifs is 12. The lowest BCUT2D eigenvalue weighted by Crippen LogP contribution is -2.20. The Bertz CT molecular complexity index is 5850. The number of hydrogen-bond acceptors (Lipinski definition) is 12. The zero-order chi connectivity index (χ0) is 89.9. The van der Waals surface area contributed by atoms with Gasteiger partial charge in [-0.25, -0.2) is 0 Å². The van der Waals surface area contributed by atoms with Crippen molar-refractivity contribution in [2.75, 3.05) is 29.4 Å². The van der Waals surface area contributed by atoms with E-state index in [0.29, 0.717) is 0 Å². The molecule has 0 fully saturated rings. The minimum Gasteiger partial charge on any atom is -0.308 e. The fourth-order valence-corrected chi connectivity index (χ4v) is 25.2. The molecule has 646 valence electrons. The SMILES string of the molecule is CC(C)(C)c1ccc2c(c1)Sc1cc(C(C)(C)C)ccc1N2c1ccc2c(c1)Sc1cc(N3c4ccc(C(C)(C)C)cc4Sc4cc(C(C)(C)C)ccc43)ccc1N2c1ccc(-c2ccc(N3c4ccc(N5c6ccc(C(C)(C)C)cc6Sc6cc(C(C)(C)C)ccc65)cc4Sc4cc(N5c6ccc(C(C)(C)C)cc6Sc6cc(C(C)(C)C)ccc65)ccc43)cc2)cc1. The molecule has 0 N–H and O–H groups in total. The van der Waals surface area contributed by atoms with Crippen molar-refractivity contribution >= 4 is 173 Å². The Hall–Kier alpha value is -10.0. The molecule has 14 aromatic rings. The van der Waals surface area contributed by atoms with E-state index in [1.807, 2.05) is 70.6 Å². The Morgan fingerprint density at radius 2 is 0.250 bits per heavy atom. The Kier molecular flexibility index (Phi) is 20.7. The summed E-state index contributed by atoms with van der Waals surface area (Å²) in [5, 5.41) is 0. The van der Waals surface area contributed by atoms with Crippen LogP contribution < -0.4 is 29.4 Å². The Labute approximate surface area is 786 Å². The van der Waals surface area contributed by atoms with Gasteiger partial charge in [0.1, 0.15) is 0 Å². The zero-order valence-electron chi connectivity index (χ0n) is 78.5. The fourth-order valence-electron chi connectivity index (χ4n) is 18.4. The molecule has 0 amide bonds. The van der Waals surface area contributed by atoms with Crippen LogP contribution in [0.2, 0.25) is 0 Å². The number of benzene rings is 14. The highest BCUT2D eigenvalue weighted by atomic mass is 32.2. The number of nitrogens with zero attached hydrogens (tertiary/aromatic N) is 6. The quantitative estimate of drug-likeness (QED) is 0.152. The topological polar surface area (TPSA) is 19.4 Å². The summed E-state index contributed by atoms with van der Waals surface area (Å²) < 4.78 is 0. The van der Waals surface area contributed by atoms with Gasteiger partial charge >= 0.3 is 0 Å². The highest BCUT2D eigenvalue weighted by molar-refractivity contribution is 8.01. The summed E-state index contributed by atoms with van der Waals surface area (Å²) in [6, 6.07) is 105. The zero-order valence-corrected chi connectivity index (χ0v) is 83.4. The minimum absolute atomic E-state index is 0.0126. The van der Waals surface area contributed by atoms with Crippen molar-refractivity contribution in [1.82, 2.24) is 0 Å². The smallest absolute Gasteiger partial charge is 0.0603 e. The highest BCUT2D eigenvalue weighted by Gasteiger charge is 2.39. The summed E-state index contributed by atoms with van der Waals surface area (Å²) in [6.45, 7) is 55.7. The largest absolute Gasteiger partial charge is 0.308 e. The van der Waals surface area contributed by atoms with Crippen molar-refractivity contribution in [2.45, 2.75) is 268 Å². The molecule has 0 radical (unpaired) electrons. The standard InChI is InChI=1S/C116H116N6S6/c1-109(2,3)71-29-45-85-97(57-71)123-98-58-72(110(4,5)6)30-46-86(98)119(85)81-41-53-93-105(65-81)127-106-66-82(120-87-47-31-73(111(7,8)9)59-99(87)124-100-60-74(112(10,11)12)32-48-88(100)120)42-54-94(106)117(93)79-37-25-69(26-38-79)70-27-39-80(40-28-70)118-95-55-43-83(121-89-49-33-75(113(13,14)15)61-101(89)125-102-62-76(114(16,17)18)34-50-90(102)121)67-107(95)128-108-68-84(44-56-96(108)118)122-91-51-35-77(115(19,20)21)63-103(91)126-104-64-78(116(22,23)24)36-52-92(104)122/h25-68H,1-24H3. The van der Waals surface area contributed by atoms with E-state index in [-0.39, 0.29) is 43.3 Å². The van der Waals surface area contributed by atoms with Gasteiger partial charge in [0.2, 0.25) is 0 Å². The summed E-state index contributed by atoms with van der Waals surface area (Å²) in [7, 11) is 0. The molecule has 128 heavy (non-hydrogen) atoms. The van der Waals surface area contributed by atoms with Gasteiger partial charge in [0.15, 0.2) is 0 Å². The molecule has 20 rings (SSSR count). The molecule has 6 heterocycles. The normalized spacial score (nSPS) is 14.8. The predicted molar refractivity (Wildman–Crippen MR) is 554 cm³/mol. The van der Waals surface area contributed by atoms with E-state index in [4.69, 9.17) is 0 Å². The summed E-state index contributed by atoms with van der Waals surface area (Å²) in [6.07, 6.45) is 0. The first-order chi connectivity index (χ1) is 60.4. The van der Waals surface area contributed by atoms with E-state index in [0.717, 1.165) is 68.0 Å². The van der Waals surface area contributed by atoms with Crippen molar-refractivity contribution < 1.29 is 0 Å². The van der Waals surface area contributed by atoms with Gasteiger partial charge in [-0.2, -0.15) is 0 Å². The molecule has 6 nitrogen and oxygen atoms in total. The van der Waals surface area contributed by atoms with Crippen LogP contribution in [0.15, 0.2) is 326 Å². The fraction of sp³-hybridized carbons (Fsp3) is 0.276. The molecular weight excluding hydrogens is 1670 g/mol. The summed E-state index contributed by atoms with van der Waals surface area (Å²) >= 11 is 11.4. The number of anilines is 18. The Morgan fingerprint density at radius 1 is 0.133 bits per heavy atom. The second-order valence-corrected chi connectivity index (χ2v) is 50.3. The molecule has 0 saturated heterocycles. The molecule has 0 bridgehead atoms. The lowest BCUT2D eigenvalue weighted by molar-refractivity contribution is 0.587. The maximum atomic E-state index is 2.53. The summed E-state index contributed by atoms with van der Waals surface area (Å²) in [4.78, 5) is 30.1. The van der Waals surface area contributed by atoms with Crippen LogP contribution in [-0.2, 0) is 43.3 Å². The molecule has 14 aromatic carbocycles. The molecule has 0 spiro atoms. The van der Waals surface area contributed by atoms with Crippen molar-refractivity contribution in [3.8, 4) is 11.1 Å². The molecule has 0 aliphatic carbocycles. The van der Waals surface area contributed by atoms with Crippen LogP contribution in [0.25, 0.3) is 11.1 Å². The van der Waals surface area contributed by atoms with Crippen LogP contribution in [0.3, 0.4) is 0 Å². The number of rotatable bonds is 7. The average molecular weight is 1790 g/mol. The van der Waals surface area contributed by atoms with Gasteiger partial charge in [0.05, 0.1) is 68.2 Å². The maximum Gasteiger partial charge on any atom is 0.0603 e. The first-order valence-electron chi connectivity index (χ1n) is 45.2. The van der Waals surface area contributed by atoms with Gasteiger partial charge in [-0.3, -0.25) is 0 Å². The van der Waals surface area contributed by atoms with Gasteiger partial charge in [0, 0.05) is 92.9 Å². The second kappa shape index (κ2) is 30.8. The molecule has 6 aliphatic rings. The first kappa shape index (κ1) is 86.0. The van der Waals surface area contributed by atoms with Gasteiger partial charge in [-0.15, -0.1) is 0 Å². The van der Waals surface area contributed by atoms with E-state index in [9.17, 15) is 0 Å². The third kappa shape index (κ3) is 15.6. The van der Waals surface area contributed by atoms with Crippen molar-refractivity contribution in [1.29, 1.82) is 0 Å². The molecule has 0 unspecified atom stereocenters. The van der Waals surface area contributed by atoms with Crippen molar-refractivity contribution in [2.24, 2.45) is 0 Å². The van der Waals surface area contributed by atoms with Crippen LogP contribution in [0.4, 0.5) is 102 Å². The van der Waals surface area contributed by atoms with Crippen LogP contribution in [-0.4, -0.2) is 0 Å². The van der Waals surface area contributed by atoms with Crippen molar-refractivity contribution in [3.05, 3.63) is 311 Å². The Morgan fingerprint density at radius 3 is 0.391 bits per heavy atom. The van der Waals surface area contributed by atoms with Crippen LogP contribution in [0, 0.1) is 0 Å². The maximum absolute atomic E-state index is 2.53.